The van der Waals surface area contributed by atoms with Crippen LogP contribution in [0.2, 0.25) is 0 Å². The van der Waals surface area contributed by atoms with Crippen molar-refractivity contribution in [3.8, 4) is 11.5 Å². The highest BCUT2D eigenvalue weighted by molar-refractivity contribution is 5.85. The highest BCUT2D eigenvalue weighted by atomic mass is 16.6. The second-order valence-electron chi connectivity index (χ2n) is 6.47. The van der Waals surface area contributed by atoms with E-state index in [1.165, 1.54) is 17.2 Å². The van der Waals surface area contributed by atoms with Gasteiger partial charge in [0.2, 0.25) is 0 Å². The summed E-state index contributed by atoms with van der Waals surface area (Å²) in [5.41, 5.74) is 1.54. The molecule has 0 bridgehead atoms. The normalized spacial score (nSPS) is 24.0. The average Bonchev–Trinajstić information content (AvgIpc) is 3.30. The number of ether oxygens (including phenoxy) is 3. The maximum atomic E-state index is 10.3. The summed E-state index contributed by atoms with van der Waals surface area (Å²) in [6, 6.07) is 5.32. The molecular formula is C18H21N5O6. The third-order valence-electron chi connectivity index (χ3n) is 4.80. The predicted octanol–water partition coefficient (Wildman–Crippen LogP) is 0.199. The minimum Gasteiger partial charge on any atom is -0.493 e. The predicted molar refractivity (Wildman–Crippen MR) is 101 cm³/mol. The van der Waals surface area contributed by atoms with Crippen molar-refractivity contribution in [2.24, 2.45) is 0 Å². The Balaban J connectivity index is 1.67. The first-order valence-electron chi connectivity index (χ1n) is 8.86. The summed E-state index contributed by atoms with van der Waals surface area (Å²) >= 11 is 0. The van der Waals surface area contributed by atoms with Gasteiger partial charge in [-0.3, -0.25) is 4.57 Å². The molecule has 11 nitrogen and oxygen atoms in total. The smallest absolute Gasteiger partial charge is 0.167 e. The number of nitrogens with zero attached hydrogens (tertiary/aromatic N) is 4. The van der Waals surface area contributed by atoms with E-state index < -0.39 is 31.1 Å². The summed E-state index contributed by atoms with van der Waals surface area (Å²) in [7, 11) is 3.11. The average molecular weight is 403 g/mol. The van der Waals surface area contributed by atoms with Crippen LogP contribution in [0.5, 0.6) is 11.5 Å². The molecule has 3 aromatic rings. The van der Waals surface area contributed by atoms with Gasteiger partial charge in [-0.15, -0.1) is 0 Å². The number of imidazole rings is 1. The molecule has 154 valence electrons. The largest absolute Gasteiger partial charge is 0.493 e. The van der Waals surface area contributed by atoms with Crippen LogP contribution in [0.1, 0.15) is 6.23 Å². The van der Waals surface area contributed by atoms with Crippen molar-refractivity contribution in [3.05, 3.63) is 30.9 Å². The van der Waals surface area contributed by atoms with Crippen molar-refractivity contribution < 1.29 is 29.5 Å². The van der Waals surface area contributed by atoms with E-state index in [9.17, 15) is 15.3 Å². The number of nitrogens with one attached hydrogen (secondary N) is 1. The zero-order valence-electron chi connectivity index (χ0n) is 15.8. The Labute approximate surface area is 165 Å². The molecule has 0 spiro atoms. The van der Waals surface area contributed by atoms with Gasteiger partial charge in [0, 0.05) is 11.8 Å². The van der Waals surface area contributed by atoms with E-state index >= 15 is 0 Å². The SMILES string of the molecule is COc1ccc(Nc2ncnc3c2ncn3C2O[C@H](CO)[C@@H](O)[C@H]2O)cc1OC. The molecular weight excluding hydrogens is 382 g/mol. The molecule has 0 radical (unpaired) electrons. The minimum atomic E-state index is -1.23. The number of benzene rings is 1. The zero-order chi connectivity index (χ0) is 20.5. The summed E-state index contributed by atoms with van der Waals surface area (Å²) in [5, 5.41) is 32.7. The standard InChI is InChI=1S/C18H21N5O6/c1-27-10-4-3-9(5-11(10)28-2)22-16-13-17(20-7-19-16)23(8-21-13)18-15(26)14(25)12(6-24)29-18/h3-5,7-8,12,14-15,18,24-26H,6H2,1-2H3,(H,19,20,22)/t12-,14-,15-,18?/m1/s1. The summed E-state index contributed by atoms with van der Waals surface area (Å²) in [6.45, 7) is -0.414. The summed E-state index contributed by atoms with van der Waals surface area (Å²) < 4.78 is 17.6. The van der Waals surface area contributed by atoms with Gasteiger partial charge in [-0.05, 0) is 12.1 Å². The Kier molecular flexibility index (Phi) is 5.20. The molecule has 1 aliphatic rings. The van der Waals surface area contributed by atoms with E-state index in [1.54, 1.807) is 32.4 Å². The number of anilines is 2. The lowest BCUT2D eigenvalue weighted by atomic mass is 10.1. The van der Waals surface area contributed by atoms with Crippen molar-refractivity contribution in [2.75, 3.05) is 26.1 Å². The Morgan fingerprint density at radius 3 is 2.59 bits per heavy atom. The molecule has 1 fully saturated rings. The third-order valence-corrected chi connectivity index (χ3v) is 4.80. The van der Waals surface area contributed by atoms with Crippen LogP contribution in [0.15, 0.2) is 30.9 Å². The molecule has 1 saturated heterocycles. The Bertz CT molecular complexity index is 1010. The maximum Gasteiger partial charge on any atom is 0.167 e. The number of methoxy groups -OCH3 is 2. The minimum absolute atomic E-state index is 0.401. The Hall–Kier alpha value is -2.99. The fourth-order valence-electron chi connectivity index (χ4n) is 3.29. The van der Waals surface area contributed by atoms with E-state index in [4.69, 9.17) is 14.2 Å². The first-order chi connectivity index (χ1) is 14.1. The molecule has 2 aromatic heterocycles. The van der Waals surface area contributed by atoms with Gasteiger partial charge in [0.05, 0.1) is 27.2 Å². The van der Waals surface area contributed by atoms with E-state index in [-0.39, 0.29) is 0 Å². The van der Waals surface area contributed by atoms with Crippen molar-refractivity contribution in [1.29, 1.82) is 0 Å². The van der Waals surface area contributed by atoms with Crippen LogP contribution in [0, 0.1) is 0 Å². The van der Waals surface area contributed by atoms with Gasteiger partial charge in [0.25, 0.3) is 0 Å². The number of fused-ring (bicyclic) bond motifs is 1. The number of hydrogen-bond acceptors (Lipinski definition) is 10. The van der Waals surface area contributed by atoms with Gasteiger partial charge in [-0.2, -0.15) is 0 Å². The maximum absolute atomic E-state index is 10.3. The van der Waals surface area contributed by atoms with Gasteiger partial charge in [0.1, 0.15) is 24.6 Å². The van der Waals surface area contributed by atoms with Crippen molar-refractivity contribution in [2.45, 2.75) is 24.5 Å². The van der Waals surface area contributed by atoms with Crippen LogP contribution in [0.3, 0.4) is 0 Å². The van der Waals surface area contributed by atoms with Crippen LogP contribution in [-0.2, 0) is 4.74 Å². The van der Waals surface area contributed by atoms with Crippen LogP contribution < -0.4 is 14.8 Å². The molecule has 1 aliphatic heterocycles. The van der Waals surface area contributed by atoms with E-state index in [0.717, 1.165) is 0 Å². The number of rotatable bonds is 6. The lowest BCUT2D eigenvalue weighted by Gasteiger charge is -2.16. The first-order valence-corrected chi connectivity index (χ1v) is 8.86. The summed E-state index contributed by atoms with van der Waals surface area (Å²) in [4.78, 5) is 12.8. The van der Waals surface area contributed by atoms with Crippen molar-refractivity contribution in [3.63, 3.8) is 0 Å². The highest BCUT2D eigenvalue weighted by Crippen LogP contribution is 2.34. The highest BCUT2D eigenvalue weighted by Gasteiger charge is 2.44. The molecule has 0 amide bonds. The van der Waals surface area contributed by atoms with Crippen LogP contribution in [-0.4, -0.2) is 74.0 Å². The quantitative estimate of drug-likeness (QED) is 0.450. The second-order valence-corrected chi connectivity index (χ2v) is 6.47. The molecule has 4 rings (SSSR count). The molecule has 29 heavy (non-hydrogen) atoms. The third kappa shape index (κ3) is 3.34. The van der Waals surface area contributed by atoms with Crippen LogP contribution in [0.4, 0.5) is 11.5 Å². The second kappa shape index (κ2) is 7.79. The summed E-state index contributed by atoms with van der Waals surface area (Å²) in [6.07, 6.45) is -1.48. The fourth-order valence-corrected chi connectivity index (χ4v) is 3.29. The Morgan fingerprint density at radius 1 is 1.10 bits per heavy atom. The zero-order valence-corrected chi connectivity index (χ0v) is 15.8. The van der Waals surface area contributed by atoms with Crippen LogP contribution in [0.25, 0.3) is 11.2 Å². The number of aromatic nitrogens is 4. The fraction of sp³-hybridized carbons (Fsp3) is 0.389. The molecule has 11 heteroatoms. The molecule has 0 saturated carbocycles. The lowest BCUT2D eigenvalue weighted by Crippen LogP contribution is -2.33. The molecule has 0 aliphatic carbocycles. The van der Waals surface area contributed by atoms with E-state index in [2.05, 4.69) is 20.3 Å². The van der Waals surface area contributed by atoms with Crippen molar-refractivity contribution in [1.82, 2.24) is 19.5 Å². The molecule has 3 heterocycles. The summed E-state index contributed by atoms with van der Waals surface area (Å²) in [5.74, 6) is 1.59. The lowest BCUT2D eigenvalue weighted by molar-refractivity contribution is -0.0511. The Morgan fingerprint density at radius 2 is 1.90 bits per heavy atom. The topological polar surface area (TPSA) is 144 Å². The molecule has 4 N–H and O–H groups in total. The first kappa shape index (κ1) is 19.3. The van der Waals surface area contributed by atoms with E-state index in [0.29, 0.717) is 34.2 Å². The molecule has 4 atom stereocenters. The number of aliphatic hydroxyl groups is 3. The number of aliphatic hydroxyl groups excluding tert-OH is 3. The van der Waals surface area contributed by atoms with Gasteiger partial charge in [-0.25, -0.2) is 15.0 Å². The number of hydrogen-bond donors (Lipinski definition) is 4. The van der Waals surface area contributed by atoms with Crippen molar-refractivity contribution >= 4 is 22.7 Å². The molecule has 1 aromatic carbocycles. The van der Waals surface area contributed by atoms with Gasteiger partial charge in [0.15, 0.2) is 34.7 Å². The van der Waals surface area contributed by atoms with Crippen LogP contribution >= 0.6 is 0 Å². The van der Waals surface area contributed by atoms with E-state index in [1.807, 2.05) is 0 Å². The molecule has 1 unspecified atom stereocenters. The van der Waals surface area contributed by atoms with Gasteiger partial charge < -0.3 is 34.8 Å². The monoisotopic (exact) mass is 403 g/mol. The van der Waals surface area contributed by atoms with Gasteiger partial charge in [-0.1, -0.05) is 0 Å². The van der Waals surface area contributed by atoms with Gasteiger partial charge >= 0.3 is 0 Å².